The normalized spacial score (nSPS) is 27.9. The van der Waals surface area contributed by atoms with E-state index in [1.165, 1.54) is 0 Å². The highest BCUT2D eigenvalue weighted by atomic mass is 32.2. The number of benzene rings is 1. The maximum Gasteiger partial charge on any atom is 0.244 e. The molecule has 3 amide bonds. The van der Waals surface area contributed by atoms with E-state index in [4.69, 9.17) is 9.84 Å². The van der Waals surface area contributed by atoms with Crippen LogP contribution in [0.3, 0.4) is 0 Å². The molecule has 5 atom stereocenters. The highest BCUT2D eigenvalue weighted by Crippen LogP contribution is 2.66. The Hall–Kier alpha value is -2.26. The van der Waals surface area contributed by atoms with Gasteiger partial charge in [0, 0.05) is 30.6 Å². The summed E-state index contributed by atoms with van der Waals surface area (Å²) in [6, 6.07) is 6.72. The summed E-state index contributed by atoms with van der Waals surface area (Å²) in [5, 5.41) is 15.3. The van der Waals surface area contributed by atoms with E-state index in [2.05, 4.69) is 17.6 Å². The topological polar surface area (TPSA) is 108 Å². The molecular weight excluding hydrogens is 490 g/mol. The van der Waals surface area contributed by atoms with Gasteiger partial charge in [0.15, 0.2) is 0 Å². The Labute approximate surface area is 224 Å². The van der Waals surface area contributed by atoms with Crippen molar-refractivity contribution in [3.05, 3.63) is 24.3 Å². The number of thioether (sulfide) groups is 1. The van der Waals surface area contributed by atoms with Gasteiger partial charge in [-0.3, -0.25) is 14.4 Å². The SMILES string of the molecule is CCCCCNC(=O)C1N(CCCCCO)C(=O)[C@@H]2[C@@H](C(=O)Nc3ccc(OCC)cc3)[C@H]3CCC12S3. The van der Waals surface area contributed by atoms with Gasteiger partial charge in [0.05, 0.1) is 23.2 Å². The molecule has 3 aliphatic rings. The number of carbonyl (C=O) groups is 3. The van der Waals surface area contributed by atoms with E-state index in [1.54, 1.807) is 16.7 Å². The van der Waals surface area contributed by atoms with Crippen molar-refractivity contribution in [1.82, 2.24) is 10.2 Å². The lowest BCUT2D eigenvalue weighted by atomic mass is 9.70. The highest BCUT2D eigenvalue weighted by molar-refractivity contribution is 8.02. The summed E-state index contributed by atoms with van der Waals surface area (Å²) in [6.45, 7) is 5.82. The molecule has 9 heteroatoms. The molecule has 3 heterocycles. The second-order valence-electron chi connectivity index (χ2n) is 10.3. The predicted octanol–water partition coefficient (Wildman–Crippen LogP) is 3.58. The first-order valence-electron chi connectivity index (χ1n) is 13.9. The Kier molecular flexibility index (Phi) is 9.40. The number of anilines is 1. The van der Waals surface area contributed by atoms with Crippen LogP contribution in [-0.2, 0) is 14.4 Å². The van der Waals surface area contributed by atoms with Gasteiger partial charge in [0.2, 0.25) is 17.7 Å². The summed E-state index contributed by atoms with van der Waals surface area (Å²) < 4.78 is 4.93. The molecule has 0 radical (unpaired) electrons. The van der Waals surface area contributed by atoms with E-state index in [0.717, 1.165) is 50.7 Å². The molecule has 1 aromatic carbocycles. The second-order valence-corrected chi connectivity index (χ2v) is 11.9. The van der Waals surface area contributed by atoms with Gasteiger partial charge in [-0.15, -0.1) is 11.8 Å². The summed E-state index contributed by atoms with van der Waals surface area (Å²) in [5.41, 5.74) is 0.673. The zero-order valence-corrected chi connectivity index (χ0v) is 22.9. The average molecular weight is 532 g/mol. The van der Waals surface area contributed by atoms with Crippen LogP contribution in [0.1, 0.15) is 65.2 Å². The first-order chi connectivity index (χ1) is 18.0. The van der Waals surface area contributed by atoms with Gasteiger partial charge in [-0.1, -0.05) is 19.8 Å². The monoisotopic (exact) mass is 531 g/mol. The van der Waals surface area contributed by atoms with Crippen LogP contribution in [-0.4, -0.2) is 70.1 Å². The predicted molar refractivity (Wildman–Crippen MR) is 146 cm³/mol. The minimum Gasteiger partial charge on any atom is -0.494 e. The van der Waals surface area contributed by atoms with Crippen molar-refractivity contribution in [2.24, 2.45) is 11.8 Å². The van der Waals surface area contributed by atoms with Crippen LogP contribution in [0.15, 0.2) is 24.3 Å². The lowest BCUT2D eigenvalue weighted by Gasteiger charge is -2.34. The number of carbonyl (C=O) groups excluding carboxylic acids is 3. The van der Waals surface area contributed by atoms with E-state index in [9.17, 15) is 14.4 Å². The number of unbranched alkanes of at least 4 members (excludes halogenated alkanes) is 4. The van der Waals surface area contributed by atoms with Crippen molar-refractivity contribution < 1.29 is 24.2 Å². The maximum atomic E-state index is 13.9. The fraction of sp³-hybridized carbons (Fsp3) is 0.679. The molecule has 204 valence electrons. The zero-order valence-electron chi connectivity index (χ0n) is 22.0. The molecule has 1 aromatic rings. The summed E-state index contributed by atoms with van der Waals surface area (Å²) in [6.07, 6.45) is 6.83. The van der Waals surface area contributed by atoms with E-state index in [-0.39, 0.29) is 29.6 Å². The molecule has 0 aromatic heterocycles. The standard InChI is InChI=1S/C28H41N3O5S/c1-3-5-7-16-29-26(34)24-28-15-14-21(37-28)22(23(28)27(35)31(24)17-8-6-9-18-32)25(33)30-19-10-12-20(13-11-19)36-4-2/h10-13,21-24,32H,3-9,14-18H2,1-2H3,(H,29,34)(H,30,33)/t21-,22+,23+,24?,28?/m1/s1. The first kappa shape index (κ1) is 27.8. The molecule has 37 heavy (non-hydrogen) atoms. The van der Waals surface area contributed by atoms with E-state index in [0.29, 0.717) is 31.8 Å². The van der Waals surface area contributed by atoms with Crippen LogP contribution < -0.4 is 15.4 Å². The van der Waals surface area contributed by atoms with Crippen LogP contribution in [0.4, 0.5) is 5.69 Å². The van der Waals surface area contributed by atoms with Crippen molar-refractivity contribution in [2.75, 3.05) is 31.6 Å². The molecule has 8 nitrogen and oxygen atoms in total. The summed E-state index contributed by atoms with van der Waals surface area (Å²) in [4.78, 5) is 42.8. The molecule has 3 N–H and O–H groups in total. The van der Waals surface area contributed by atoms with Gasteiger partial charge in [0.1, 0.15) is 11.8 Å². The molecule has 1 spiro atoms. The number of amides is 3. The van der Waals surface area contributed by atoms with Crippen LogP contribution in [0, 0.1) is 11.8 Å². The summed E-state index contributed by atoms with van der Waals surface area (Å²) in [5.74, 6) is -0.524. The molecule has 3 fully saturated rings. The lowest BCUT2D eigenvalue weighted by molar-refractivity contribution is -0.139. The van der Waals surface area contributed by atoms with Gasteiger partial charge in [0.25, 0.3) is 0 Å². The smallest absolute Gasteiger partial charge is 0.244 e. The first-order valence-corrected chi connectivity index (χ1v) is 14.7. The van der Waals surface area contributed by atoms with Gasteiger partial charge < -0.3 is 25.4 Å². The maximum absolute atomic E-state index is 13.9. The number of ether oxygens (including phenoxy) is 1. The van der Waals surface area contributed by atoms with E-state index < -0.39 is 22.6 Å². The third-order valence-electron chi connectivity index (χ3n) is 7.92. The zero-order chi connectivity index (χ0) is 26.4. The number of aliphatic hydroxyl groups is 1. The number of hydrogen-bond acceptors (Lipinski definition) is 6. The van der Waals surface area contributed by atoms with Crippen LogP contribution >= 0.6 is 11.8 Å². The molecule has 2 unspecified atom stereocenters. The molecule has 2 bridgehead atoms. The number of likely N-dealkylation sites (tertiary alicyclic amines) is 1. The summed E-state index contributed by atoms with van der Waals surface area (Å²) >= 11 is 1.69. The van der Waals surface area contributed by atoms with Crippen molar-refractivity contribution in [1.29, 1.82) is 0 Å². The van der Waals surface area contributed by atoms with Crippen LogP contribution in [0.5, 0.6) is 5.75 Å². The Balaban J connectivity index is 1.53. The number of fused-ring (bicyclic) bond motifs is 1. The van der Waals surface area contributed by atoms with Gasteiger partial charge in [-0.25, -0.2) is 0 Å². The van der Waals surface area contributed by atoms with Crippen molar-refractivity contribution in [3.8, 4) is 5.75 Å². The Bertz CT molecular complexity index is 958. The lowest BCUT2D eigenvalue weighted by Crippen LogP contribution is -2.53. The summed E-state index contributed by atoms with van der Waals surface area (Å²) in [7, 11) is 0. The highest BCUT2D eigenvalue weighted by Gasteiger charge is 2.73. The number of aliphatic hydroxyl groups excluding tert-OH is 1. The van der Waals surface area contributed by atoms with Crippen LogP contribution in [0.2, 0.25) is 0 Å². The minimum atomic E-state index is -0.561. The van der Waals surface area contributed by atoms with Gasteiger partial charge >= 0.3 is 0 Å². The number of rotatable bonds is 14. The number of nitrogens with zero attached hydrogens (tertiary/aromatic N) is 1. The van der Waals surface area contributed by atoms with Crippen molar-refractivity contribution in [3.63, 3.8) is 0 Å². The molecule has 3 saturated heterocycles. The molecule has 0 aliphatic carbocycles. The van der Waals surface area contributed by atoms with Gasteiger partial charge in [-0.05, 0) is 69.7 Å². The quantitative estimate of drug-likeness (QED) is 0.317. The average Bonchev–Trinajstić information content (AvgIpc) is 3.53. The van der Waals surface area contributed by atoms with Crippen LogP contribution in [0.25, 0.3) is 0 Å². The Morgan fingerprint density at radius 3 is 2.59 bits per heavy atom. The number of nitrogens with one attached hydrogen (secondary N) is 2. The molecule has 3 aliphatic heterocycles. The molecular formula is C28H41N3O5S. The van der Waals surface area contributed by atoms with Gasteiger partial charge in [-0.2, -0.15) is 0 Å². The molecule has 0 saturated carbocycles. The second kappa shape index (κ2) is 12.5. The third-order valence-corrected chi connectivity index (χ3v) is 9.87. The van der Waals surface area contributed by atoms with E-state index in [1.807, 2.05) is 31.2 Å². The van der Waals surface area contributed by atoms with E-state index >= 15 is 0 Å². The van der Waals surface area contributed by atoms with Crippen molar-refractivity contribution >= 4 is 35.2 Å². The minimum absolute atomic E-state index is 0.0311. The Morgan fingerprint density at radius 1 is 1.11 bits per heavy atom. The molecule has 4 rings (SSSR count). The third kappa shape index (κ3) is 5.62. The largest absolute Gasteiger partial charge is 0.494 e. The number of hydrogen-bond donors (Lipinski definition) is 3. The Morgan fingerprint density at radius 2 is 1.89 bits per heavy atom. The van der Waals surface area contributed by atoms with Crippen molar-refractivity contribution in [2.45, 2.75) is 81.3 Å². The fourth-order valence-corrected chi connectivity index (χ4v) is 8.49. The fourth-order valence-electron chi connectivity index (χ4n) is 6.28.